The Morgan fingerprint density at radius 2 is 2.05 bits per heavy atom. The van der Waals surface area contributed by atoms with Gasteiger partial charge in [0.15, 0.2) is 5.17 Å². The van der Waals surface area contributed by atoms with E-state index in [1.807, 2.05) is 12.1 Å². The maximum absolute atomic E-state index is 5.31. The number of ether oxygens (including phenoxy) is 1. The standard InChI is InChI=1S/C13H16Br2N2OS/c1-13(2)6-16-12(19-7-13)17-10-5-11(18-3)9(15)4-8(10)14/h4-5H,6-7H2,1-3H3,(H,16,17). The quantitative estimate of drug-likeness (QED) is 0.767. The zero-order valence-corrected chi connectivity index (χ0v) is 15.1. The van der Waals surface area contributed by atoms with Gasteiger partial charge >= 0.3 is 0 Å². The fourth-order valence-electron chi connectivity index (χ4n) is 1.61. The molecule has 0 bridgehead atoms. The molecule has 0 unspecified atom stereocenters. The van der Waals surface area contributed by atoms with Crippen molar-refractivity contribution in [3.05, 3.63) is 21.1 Å². The smallest absolute Gasteiger partial charge is 0.161 e. The van der Waals surface area contributed by atoms with Gasteiger partial charge in [0.05, 0.1) is 17.3 Å². The predicted octanol–water partition coefficient (Wildman–Crippen LogP) is 4.76. The molecule has 0 aliphatic carbocycles. The number of rotatable bonds is 2. The number of nitrogens with zero attached hydrogens (tertiary/aromatic N) is 1. The van der Waals surface area contributed by atoms with Gasteiger partial charge in [0.1, 0.15) is 5.75 Å². The van der Waals surface area contributed by atoms with Gasteiger partial charge in [-0.05, 0) is 43.3 Å². The lowest BCUT2D eigenvalue weighted by molar-refractivity contribution is 0.412. The van der Waals surface area contributed by atoms with Crippen molar-refractivity contribution in [1.82, 2.24) is 0 Å². The molecule has 0 aromatic heterocycles. The molecule has 0 spiro atoms. The van der Waals surface area contributed by atoms with Crippen molar-refractivity contribution in [1.29, 1.82) is 0 Å². The maximum atomic E-state index is 5.31. The number of hydrogen-bond acceptors (Lipinski definition) is 4. The summed E-state index contributed by atoms with van der Waals surface area (Å²) >= 11 is 8.77. The third-order valence-electron chi connectivity index (χ3n) is 2.73. The van der Waals surface area contributed by atoms with Crippen molar-refractivity contribution in [2.75, 3.05) is 24.7 Å². The molecule has 6 heteroatoms. The van der Waals surface area contributed by atoms with E-state index in [1.165, 1.54) is 0 Å². The molecule has 1 aliphatic heterocycles. The third kappa shape index (κ3) is 3.89. The highest BCUT2D eigenvalue weighted by molar-refractivity contribution is 9.11. The Morgan fingerprint density at radius 1 is 1.32 bits per heavy atom. The highest BCUT2D eigenvalue weighted by atomic mass is 79.9. The first-order valence-electron chi connectivity index (χ1n) is 5.88. The molecule has 0 amide bonds. The second-order valence-electron chi connectivity index (χ2n) is 5.17. The topological polar surface area (TPSA) is 33.6 Å². The first-order valence-corrected chi connectivity index (χ1v) is 8.46. The number of halogens is 2. The minimum Gasteiger partial charge on any atom is -0.495 e. The van der Waals surface area contributed by atoms with Crippen LogP contribution in [0.1, 0.15) is 13.8 Å². The van der Waals surface area contributed by atoms with Gasteiger partial charge in [-0.25, -0.2) is 0 Å². The van der Waals surface area contributed by atoms with E-state index >= 15 is 0 Å². The second-order valence-corrected chi connectivity index (χ2v) is 7.84. The molecule has 0 saturated carbocycles. The normalized spacial score (nSPS) is 17.8. The van der Waals surface area contributed by atoms with Crippen molar-refractivity contribution in [3.8, 4) is 5.75 Å². The number of aliphatic imine (C=N–C) groups is 1. The Kier molecular flexibility index (Phi) is 4.84. The summed E-state index contributed by atoms with van der Waals surface area (Å²) in [6, 6.07) is 3.93. The van der Waals surface area contributed by atoms with Gasteiger partial charge in [0.2, 0.25) is 0 Å². The van der Waals surface area contributed by atoms with Crippen LogP contribution < -0.4 is 10.1 Å². The zero-order chi connectivity index (χ0) is 14.0. The number of amidine groups is 1. The molecule has 1 heterocycles. The first kappa shape index (κ1) is 15.2. The van der Waals surface area contributed by atoms with E-state index in [-0.39, 0.29) is 5.41 Å². The maximum Gasteiger partial charge on any atom is 0.161 e. The largest absolute Gasteiger partial charge is 0.495 e. The lowest BCUT2D eigenvalue weighted by Crippen LogP contribution is -2.27. The monoisotopic (exact) mass is 406 g/mol. The molecule has 104 valence electrons. The highest BCUT2D eigenvalue weighted by Crippen LogP contribution is 2.36. The number of thioether (sulfide) groups is 1. The Balaban J connectivity index is 2.18. The average Bonchev–Trinajstić information content (AvgIpc) is 2.35. The number of anilines is 1. The van der Waals surface area contributed by atoms with Crippen LogP contribution in [0.3, 0.4) is 0 Å². The molecule has 1 aromatic carbocycles. The van der Waals surface area contributed by atoms with E-state index in [0.717, 1.165) is 37.8 Å². The average molecular weight is 408 g/mol. The summed E-state index contributed by atoms with van der Waals surface area (Å²) in [5.41, 5.74) is 1.25. The van der Waals surface area contributed by atoms with Gasteiger partial charge in [-0.3, -0.25) is 4.99 Å². The Hall–Kier alpha value is -0.200. The molecule has 0 fully saturated rings. The SMILES string of the molecule is COc1cc(NC2=NCC(C)(C)CS2)c(Br)cc1Br. The molecule has 1 aromatic rings. The van der Waals surface area contributed by atoms with E-state index in [4.69, 9.17) is 4.74 Å². The molecular formula is C13H16Br2N2OS. The first-order chi connectivity index (χ1) is 8.91. The van der Waals surface area contributed by atoms with Gasteiger partial charge in [-0.1, -0.05) is 25.6 Å². The van der Waals surface area contributed by atoms with Crippen molar-refractivity contribution in [2.45, 2.75) is 13.8 Å². The van der Waals surface area contributed by atoms with Crippen molar-refractivity contribution in [2.24, 2.45) is 10.4 Å². The van der Waals surface area contributed by atoms with Crippen LogP contribution in [0.15, 0.2) is 26.1 Å². The highest BCUT2D eigenvalue weighted by Gasteiger charge is 2.23. The minimum atomic E-state index is 0.282. The van der Waals surface area contributed by atoms with Crippen LogP contribution >= 0.6 is 43.6 Å². The summed E-state index contributed by atoms with van der Waals surface area (Å²) in [5, 5.41) is 4.32. The predicted molar refractivity (Wildman–Crippen MR) is 90.6 cm³/mol. The number of methoxy groups -OCH3 is 1. The van der Waals surface area contributed by atoms with Crippen LogP contribution in [-0.4, -0.2) is 24.6 Å². The molecule has 19 heavy (non-hydrogen) atoms. The van der Waals surface area contributed by atoms with Crippen LogP contribution in [-0.2, 0) is 0 Å². The lowest BCUT2D eigenvalue weighted by Gasteiger charge is -2.27. The second kappa shape index (κ2) is 6.06. The number of hydrogen-bond donors (Lipinski definition) is 1. The molecule has 0 saturated heterocycles. The molecular weight excluding hydrogens is 392 g/mol. The van der Waals surface area contributed by atoms with Crippen molar-refractivity contribution >= 4 is 54.5 Å². The molecule has 1 aliphatic rings. The molecule has 2 rings (SSSR count). The number of benzene rings is 1. The van der Waals surface area contributed by atoms with Crippen LogP contribution in [0, 0.1) is 5.41 Å². The zero-order valence-electron chi connectivity index (χ0n) is 11.1. The summed E-state index contributed by atoms with van der Waals surface area (Å²) < 4.78 is 7.21. The summed E-state index contributed by atoms with van der Waals surface area (Å²) in [6.07, 6.45) is 0. The van der Waals surface area contributed by atoms with E-state index in [1.54, 1.807) is 18.9 Å². The third-order valence-corrected chi connectivity index (χ3v) is 5.44. The van der Waals surface area contributed by atoms with E-state index in [2.05, 4.69) is 56.0 Å². The Morgan fingerprint density at radius 3 is 2.63 bits per heavy atom. The Labute approximate surface area is 134 Å². The summed E-state index contributed by atoms with van der Waals surface area (Å²) in [4.78, 5) is 4.59. The fourth-order valence-corrected chi connectivity index (χ4v) is 3.82. The number of nitrogens with one attached hydrogen (secondary N) is 1. The summed E-state index contributed by atoms with van der Waals surface area (Å²) in [5.74, 6) is 1.87. The van der Waals surface area contributed by atoms with Crippen LogP contribution in [0.2, 0.25) is 0 Å². The molecule has 3 nitrogen and oxygen atoms in total. The van der Waals surface area contributed by atoms with Gasteiger partial charge in [0, 0.05) is 22.8 Å². The molecule has 0 atom stereocenters. The lowest BCUT2D eigenvalue weighted by atomic mass is 9.97. The van der Waals surface area contributed by atoms with Gasteiger partial charge in [-0.15, -0.1) is 0 Å². The van der Waals surface area contributed by atoms with Crippen molar-refractivity contribution < 1.29 is 4.74 Å². The summed E-state index contributed by atoms with van der Waals surface area (Å²) in [6.45, 7) is 5.32. The Bertz CT molecular complexity index is 518. The van der Waals surface area contributed by atoms with E-state index in [0.29, 0.717) is 0 Å². The summed E-state index contributed by atoms with van der Waals surface area (Å²) in [7, 11) is 1.66. The van der Waals surface area contributed by atoms with Gasteiger partial charge in [-0.2, -0.15) is 0 Å². The van der Waals surface area contributed by atoms with Crippen LogP contribution in [0.25, 0.3) is 0 Å². The fraction of sp³-hybridized carbons (Fsp3) is 0.462. The van der Waals surface area contributed by atoms with Gasteiger partial charge < -0.3 is 10.1 Å². The molecule has 0 radical (unpaired) electrons. The van der Waals surface area contributed by atoms with E-state index < -0.39 is 0 Å². The molecule has 1 N–H and O–H groups in total. The minimum absolute atomic E-state index is 0.282. The van der Waals surface area contributed by atoms with E-state index in [9.17, 15) is 0 Å². The van der Waals surface area contributed by atoms with Crippen LogP contribution in [0.4, 0.5) is 5.69 Å². The van der Waals surface area contributed by atoms with Gasteiger partial charge in [0.25, 0.3) is 0 Å². The van der Waals surface area contributed by atoms with Crippen LogP contribution in [0.5, 0.6) is 5.75 Å². The van der Waals surface area contributed by atoms with Crippen molar-refractivity contribution in [3.63, 3.8) is 0 Å².